The molecule has 8 heteroatoms. The van der Waals surface area contributed by atoms with Gasteiger partial charge in [-0.3, -0.25) is 14.6 Å². The fourth-order valence-electron chi connectivity index (χ4n) is 5.79. The lowest BCUT2D eigenvalue weighted by Crippen LogP contribution is -2.38. The van der Waals surface area contributed by atoms with Crippen LogP contribution in [0.1, 0.15) is 48.3 Å². The Morgan fingerprint density at radius 1 is 0.878 bits per heavy atom. The lowest BCUT2D eigenvalue weighted by molar-refractivity contribution is -0.148. The van der Waals surface area contributed by atoms with E-state index in [0.717, 1.165) is 11.1 Å². The quantitative estimate of drug-likeness (QED) is 0.354. The Hall–Kier alpha value is -4.59. The summed E-state index contributed by atoms with van der Waals surface area (Å²) >= 11 is 0. The Labute approximate surface area is 239 Å². The number of aromatic hydroxyl groups is 1. The SMILES string of the molecule is COc1ccc(C2C3=C(CC(c4ccc(OC)c(OC)c4)CC3=O)N=C(C)C2C(=O)OCc2ccccc2)cc1O. The van der Waals surface area contributed by atoms with Crippen LogP contribution in [0, 0.1) is 5.92 Å². The van der Waals surface area contributed by atoms with E-state index in [1.807, 2.05) is 48.5 Å². The second-order valence-corrected chi connectivity index (χ2v) is 10.2. The molecule has 3 aromatic carbocycles. The van der Waals surface area contributed by atoms with E-state index in [1.165, 1.54) is 7.11 Å². The van der Waals surface area contributed by atoms with Crippen molar-refractivity contribution in [2.24, 2.45) is 10.9 Å². The third-order valence-corrected chi connectivity index (χ3v) is 7.81. The van der Waals surface area contributed by atoms with Crippen LogP contribution in [0.25, 0.3) is 0 Å². The van der Waals surface area contributed by atoms with Gasteiger partial charge >= 0.3 is 5.97 Å². The second kappa shape index (κ2) is 11.9. The lowest BCUT2D eigenvalue weighted by Gasteiger charge is -2.36. The van der Waals surface area contributed by atoms with Crippen LogP contribution in [0.15, 0.2) is 83.0 Å². The van der Waals surface area contributed by atoms with Gasteiger partial charge in [-0.15, -0.1) is 0 Å². The predicted molar refractivity (Wildman–Crippen MR) is 154 cm³/mol. The molecule has 0 amide bonds. The van der Waals surface area contributed by atoms with Crippen LogP contribution in [0.3, 0.4) is 0 Å². The van der Waals surface area contributed by atoms with Crippen LogP contribution in [0.5, 0.6) is 23.0 Å². The largest absolute Gasteiger partial charge is 0.504 e. The molecular weight excluding hydrogens is 522 g/mol. The van der Waals surface area contributed by atoms with Crippen molar-refractivity contribution < 1.29 is 33.6 Å². The molecule has 3 atom stereocenters. The molecule has 0 saturated carbocycles. The smallest absolute Gasteiger partial charge is 0.315 e. The molecule has 0 radical (unpaired) electrons. The zero-order valence-electron chi connectivity index (χ0n) is 23.5. The van der Waals surface area contributed by atoms with Gasteiger partial charge in [0.1, 0.15) is 12.5 Å². The zero-order chi connectivity index (χ0) is 29.1. The number of benzene rings is 3. The molecule has 0 saturated heterocycles. The standard InChI is InChI=1S/C33H33NO7/c1-19-30(33(37)41-18-20-8-6-5-7-9-20)31(22-11-12-27(38-2)25(35)15-22)32-24(34-19)14-23(16-26(32)36)21-10-13-28(39-3)29(17-21)40-4/h5-13,15,17,23,30-31,35H,14,16,18H2,1-4H3. The summed E-state index contributed by atoms with van der Waals surface area (Å²) < 4.78 is 21.8. The predicted octanol–water partition coefficient (Wildman–Crippen LogP) is 5.74. The van der Waals surface area contributed by atoms with Crippen LogP contribution >= 0.6 is 0 Å². The number of ether oxygens (including phenoxy) is 4. The van der Waals surface area contributed by atoms with Gasteiger partial charge in [0, 0.05) is 29.3 Å². The highest BCUT2D eigenvalue weighted by Gasteiger charge is 2.45. The van der Waals surface area contributed by atoms with Crippen molar-refractivity contribution in [2.45, 2.75) is 38.2 Å². The maximum atomic E-state index is 13.9. The molecule has 5 rings (SSSR count). The van der Waals surface area contributed by atoms with Crippen molar-refractivity contribution >= 4 is 17.5 Å². The number of Topliss-reactive ketones (excluding diaryl/α,β-unsaturated/α-hetero) is 1. The first kappa shape index (κ1) is 28.0. The Morgan fingerprint density at radius 3 is 2.24 bits per heavy atom. The monoisotopic (exact) mass is 555 g/mol. The molecule has 2 aliphatic rings. The van der Waals surface area contributed by atoms with Crippen molar-refractivity contribution in [1.29, 1.82) is 0 Å². The van der Waals surface area contributed by atoms with Gasteiger partial charge in [0.05, 0.1) is 21.3 Å². The topological polar surface area (TPSA) is 104 Å². The number of phenols is 1. The molecular formula is C33H33NO7. The van der Waals surface area contributed by atoms with Gasteiger partial charge in [-0.2, -0.15) is 0 Å². The first-order valence-electron chi connectivity index (χ1n) is 13.4. The van der Waals surface area contributed by atoms with Crippen LogP contribution in [0.4, 0.5) is 0 Å². The van der Waals surface area contributed by atoms with Gasteiger partial charge in [-0.1, -0.05) is 42.5 Å². The molecule has 0 bridgehead atoms. The van der Waals surface area contributed by atoms with Gasteiger partial charge in [-0.25, -0.2) is 0 Å². The van der Waals surface area contributed by atoms with Gasteiger partial charge in [0.25, 0.3) is 0 Å². The minimum absolute atomic E-state index is 0.0739. The number of nitrogens with zero attached hydrogens (tertiary/aromatic N) is 1. The number of ketones is 1. The summed E-state index contributed by atoms with van der Waals surface area (Å²) in [5, 5.41) is 10.6. The molecule has 0 fully saturated rings. The van der Waals surface area contributed by atoms with E-state index in [1.54, 1.807) is 39.3 Å². The summed E-state index contributed by atoms with van der Waals surface area (Å²) in [6.45, 7) is 1.89. The molecule has 41 heavy (non-hydrogen) atoms. The van der Waals surface area contributed by atoms with E-state index >= 15 is 0 Å². The number of hydrogen-bond donors (Lipinski definition) is 1. The highest BCUT2D eigenvalue weighted by molar-refractivity contribution is 6.09. The molecule has 8 nitrogen and oxygen atoms in total. The highest BCUT2D eigenvalue weighted by atomic mass is 16.5. The third kappa shape index (κ3) is 5.55. The fraction of sp³-hybridized carbons (Fsp3) is 0.303. The minimum Gasteiger partial charge on any atom is -0.504 e. The van der Waals surface area contributed by atoms with E-state index in [-0.39, 0.29) is 30.5 Å². The molecule has 0 spiro atoms. The molecule has 1 aliphatic heterocycles. The summed E-state index contributed by atoms with van der Waals surface area (Å²) in [5.74, 6) is -0.752. The Kier molecular flexibility index (Phi) is 8.10. The maximum absolute atomic E-state index is 13.9. The molecule has 0 aromatic heterocycles. The van der Waals surface area contributed by atoms with Crippen molar-refractivity contribution in [3.8, 4) is 23.0 Å². The average molecular weight is 556 g/mol. The molecule has 212 valence electrons. The first-order chi connectivity index (χ1) is 19.8. The van der Waals surface area contributed by atoms with E-state index in [9.17, 15) is 14.7 Å². The number of carbonyl (C=O) groups is 2. The minimum atomic E-state index is -0.827. The summed E-state index contributed by atoms with van der Waals surface area (Å²) in [7, 11) is 4.63. The van der Waals surface area contributed by atoms with E-state index in [0.29, 0.717) is 46.2 Å². The highest BCUT2D eigenvalue weighted by Crippen LogP contribution is 2.48. The number of hydrogen-bond acceptors (Lipinski definition) is 8. The van der Waals surface area contributed by atoms with Gasteiger partial charge < -0.3 is 24.1 Å². The summed E-state index contributed by atoms with van der Waals surface area (Å²) in [4.78, 5) is 32.4. The Balaban J connectivity index is 1.53. The van der Waals surface area contributed by atoms with Crippen molar-refractivity contribution in [3.63, 3.8) is 0 Å². The zero-order valence-corrected chi connectivity index (χ0v) is 23.5. The van der Waals surface area contributed by atoms with Crippen LogP contribution in [-0.2, 0) is 20.9 Å². The third-order valence-electron chi connectivity index (χ3n) is 7.81. The van der Waals surface area contributed by atoms with Crippen LogP contribution in [-0.4, -0.2) is 43.9 Å². The molecule has 3 aromatic rings. The molecule has 1 N–H and O–H groups in total. The maximum Gasteiger partial charge on any atom is 0.315 e. The molecule has 1 aliphatic carbocycles. The number of methoxy groups -OCH3 is 3. The van der Waals surface area contributed by atoms with Gasteiger partial charge in [0.15, 0.2) is 28.8 Å². The van der Waals surface area contributed by atoms with Gasteiger partial charge in [-0.05, 0) is 60.2 Å². The van der Waals surface area contributed by atoms with Crippen molar-refractivity contribution in [3.05, 3.63) is 94.7 Å². The Bertz CT molecular complexity index is 1530. The lowest BCUT2D eigenvalue weighted by atomic mass is 9.69. The summed E-state index contributed by atoms with van der Waals surface area (Å²) in [6, 6.07) is 20.1. The van der Waals surface area contributed by atoms with Crippen LogP contribution in [0.2, 0.25) is 0 Å². The van der Waals surface area contributed by atoms with E-state index < -0.39 is 17.8 Å². The van der Waals surface area contributed by atoms with Crippen molar-refractivity contribution in [1.82, 2.24) is 0 Å². The molecule has 3 unspecified atom stereocenters. The molecule has 1 heterocycles. The number of aliphatic imine (C=N–C) groups is 1. The number of phenolic OH excluding ortho intramolecular Hbond substituents is 1. The average Bonchev–Trinajstić information content (AvgIpc) is 2.99. The number of carbonyl (C=O) groups excluding carboxylic acids is 2. The number of rotatable bonds is 8. The van der Waals surface area contributed by atoms with E-state index in [4.69, 9.17) is 23.9 Å². The van der Waals surface area contributed by atoms with Crippen LogP contribution < -0.4 is 14.2 Å². The van der Waals surface area contributed by atoms with Crippen molar-refractivity contribution in [2.75, 3.05) is 21.3 Å². The fourth-order valence-corrected chi connectivity index (χ4v) is 5.79. The Morgan fingerprint density at radius 2 is 1.56 bits per heavy atom. The number of esters is 1. The van der Waals surface area contributed by atoms with Gasteiger partial charge in [0.2, 0.25) is 0 Å². The van der Waals surface area contributed by atoms with E-state index in [2.05, 4.69) is 0 Å². The normalized spacial score (nSPS) is 20.1. The first-order valence-corrected chi connectivity index (χ1v) is 13.4. The second-order valence-electron chi connectivity index (χ2n) is 10.2. The summed E-state index contributed by atoms with van der Waals surface area (Å²) in [6.07, 6.45) is 0.756. The summed E-state index contributed by atoms with van der Waals surface area (Å²) in [5.41, 5.74) is 4.10. The number of allylic oxidation sites excluding steroid dienone is 2.